The number of nitrogens with one attached hydrogen (secondary N) is 1. The predicted molar refractivity (Wildman–Crippen MR) is 59.6 cm³/mol. The van der Waals surface area contributed by atoms with E-state index in [1.54, 1.807) is 23.4 Å². The summed E-state index contributed by atoms with van der Waals surface area (Å²) < 4.78 is 1.51. The van der Waals surface area contributed by atoms with Crippen molar-refractivity contribution in [1.29, 1.82) is 0 Å². The van der Waals surface area contributed by atoms with Gasteiger partial charge in [-0.1, -0.05) is 0 Å². The molecule has 1 saturated heterocycles. The van der Waals surface area contributed by atoms with E-state index in [-0.39, 0.29) is 11.7 Å². The van der Waals surface area contributed by atoms with Crippen molar-refractivity contribution in [1.82, 2.24) is 29.8 Å². The molecule has 0 saturated carbocycles. The molecule has 2 aromatic heterocycles. The molecule has 1 aliphatic heterocycles. The van der Waals surface area contributed by atoms with Crippen LogP contribution in [0.5, 0.6) is 0 Å². The van der Waals surface area contributed by atoms with Crippen LogP contribution in [0.3, 0.4) is 0 Å². The highest BCUT2D eigenvalue weighted by Gasteiger charge is 2.21. The summed E-state index contributed by atoms with van der Waals surface area (Å²) in [5.74, 6) is 0.536. The molecule has 7 nitrogen and oxygen atoms in total. The van der Waals surface area contributed by atoms with E-state index in [9.17, 15) is 4.79 Å². The van der Waals surface area contributed by atoms with Gasteiger partial charge < -0.3 is 10.2 Å². The van der Waals surface area contributed by atoms with Crippen molar-refractivity contribution >= 4 is 11.7 Å². The van der Waals surface area contributed by atoms with E-state index in [4.69, 9.17) is 0 Å². The Bertz CT molecular complexity index is 511. The topological polar surface area (TPSA) is 75.4 Å². The SMILES string of the molecule is O=C(c1nc2ncccn2n1)N1CCNCC1. The molecule has 1 amide bonds. The molecule has 1 aliphatic rings. The van der Waals surface area contributed by atoms with Gasteiger partial charge in [-0.15, -0.1) is 5.10 Å². The minimum Gasteiger partial charge on any atom is -0.333 e. The number of carbonyl (C=O) groups excluding carboxylic acids is 1. The molecule has 0 bridgehead atoms. The zero-order chi connectivity index (χ0) is 11.7. The molecule has 0 spiro atoms. The van der Waals surface area contributed by atoms with Crippen LogP contribution in [0.1, 0.15) is 10.6 Å². The van der Waals surface area contributed by atoms with Crippen LogP contribution in [0, 0.1) is 0 Å². The van der Waals surface area contributed by atoms with Crippen molar-refractivity contribution in [3.05, 3.63) is 24.3 Å². The van der Waals surface area contributed by atoms with Gasteiger partial charge in [0.1, 0.15) is 0 Å². The van der Waals surface area contributed by atoms with Gasteiger partial charge in [0.05, 0.1) is 0 Å². The summed E-state index contributed by atoms with van der Waals surface area (Å²) in [6.45, 7) is 3.03. The average molecular weight is 232 g/mol. The number of aromatic nitrogens is 4. The molecule has 1 fully saturated rings. The maximum absolute atomic E-state index is 12.1. The molecule has 0 radical (unpaired) electrons. The molecule has 7 heteroatoms. The first kappa shape index (κ1) is 10.2. The van der Waals surface area contributed by atoms with E-state index in [2.05, 4.69) is 20.4 Å². The number of carbonyl (C=O) groups is 1. The lowest BCUT2D eigenvalue weighted by atomic mass is 10.3. The largest absolute Gasteiger partial charge is 0.333 e. The molecule has 0 aromatic carbocycles. The van der Waals surface area contributed by atoms with Gasteiger partial charge in [-0.25, -0.2) is 9.50 Å². The van der Waals surface area contributed by atoms with Crippen molar-refractivity contribution < 1.29 is 4.79 Å². The minimum atomic E-state index is -0.128. The van der Waals surface area contributed by atoms with Crippen molar-refractivity contribution in [3.63, 3.8) is 0 Å². The van der Waals surface area contributed by atoms with Gasteiger partial charge in [-0.2, -0.15) is 4.98 Å². The van der Waals surface area contributed by atoms with E-state index < -0.39 is 0 Å². The Labute approximate surface area is 97.5 Å². The molecule has 3 heterocycles. The number of fused-ring (bicyclic) bond motifs is 1. The standard InChI is InChI=1S/C10H12N6O/c17-9(15-6-3-11-4-7-15)8-13-10-12-2-1-5-16(10)14-8/h1-2,5,11H,3-4,6-7H2. The fourth-order valence-electron chi connectivity index (χ4n) is 1.83. The first-order valence-corrected chi connectivity index (χ1v) is 5.52. The van der Waals surface area contributed by atoms with Gasteiger partial charge in [0.15, 0.2) is 0 Å². The summed E-state index contributed by atoms with van der Waals surface area (Å²) in [5.41, 5.74) is 0. The van der Waals surface area contributed by atoms with Gasteiger partial charge in [0.2, 0.25) is 5.82 Å². The highest BCUT2D eigenvalue weighted by Crippen LogP contribution is 2.03. The molecule has 0 unspecified atom stereocenters. The monoisotopic (exact) mass is 232 g/mol. The van der Waals surface area contributed by atoms with Gasteiger partial charge in [0, 0.05) is 38.6 Å². The molecule has 88 valence electrons. The second kappa shape index (κ2) is 4.10. The smallest absolute Gasteiger partial charge is 0.293 e. The third kappa shape index (κ3) is 1.84. The van der Waals surface area contributed by atoms with Crippen LogP contribution in [0.15, 0.2) is 18.5 Å². The number of piperazine rings is 1. The van der Waals surface area contributed by atoms with Crippen LogP contribution in [-0.2, 0) is 0 Å². The number of hydrogen-bond donors (Lipinski definition) is 1. The first-order chi connectivity index (χ1) is 8.34. The second-order valence-electron chi connectivity index (χ2n) is 3.84. The molecular weight excluding hydrogens is 220 g/mol. The van der Waals surface area contributed by atoms with Gasteiger partial charge in [0.25, 0.3) is 11.7 Å². The number of nitrogens with zero attached hydrogens (tertiary/aromatic N) is 5. The Morgan fingerprint density at radius 2 is 2.18 bits per heavy atom. The summed E-state index contributed by atoms with van der Waals surface area (Å²) in [5, 5.41) is 7.31. The van der Waals surface area contributed by atoms with Crippen LogP contribution >= 0.6 is 0 Å². The minimum absolute atomic E-state index is 0.128. The first-order valence-electron chi connectivity index (χ1n) is 5.52. The summed E-state index contributed by atoms with van der Waals surface area (Å²) in [6, 6.07) is 1.75. The highest BCUT2D eigenvalue weighted by atomic mass is 16.2. The van der Waals surface area contributed by atoms with Crippen LogP contribution in [0.25, 0.3) is 5.78 Å². The number of hydrogen-bond acceptors (Lipinski definition) is 5. The van der Waals surface area contributed by atoms with Crippen LogP contribution in [-0.4, -0.2) is 56.6 Å². The Morgan fingerprint density at radius 1 is 1.35 bits per heavy atom. The zero-order valence-corrected chi connectivity index (χ0v) is 9.20. The molecule has 2 aromatic rings. The Morgan fingerprint density at radius 3 is 2.94 bits per heavy atom. The molecule has 0 atom stereocenters. The zero-order valence-electron chi connectivity index (χ0n) is 9.20. The van der Waals surface area contributed by atoms with E-state index in [1.807, 2.05) is 0 Å². The maximum atomic E-state index is 12.1. The van der Waals surface area contributed by atoms with Crippen LogP contribution in [0.2, 0.25) is 0 Å². The third-order valence-electron chi connectivity index (χ3n) is 2.71. The van der Waals surface area contributed by atoms with Crippen LogP contribution < -0.4 is 5.32 Å². The van der Waals surface area contributed by atoms with Crippen molar-refractivity contribution in [3.8, 4) is 0 Å². The quantitative estimate of drug-likeness (QED) is 0.694. The summed E-state index contributed by atoms with van der Waals surface area (Å²) in [7, 11) is 0. The summed E-state index contributed by atoms with van der Waals surface area (Å²) in [4.78, 5) is 22.0. The highest BCUT2D eigenvalue weighted by molar-refractivity contribution is 5.90. The van der Waals surface area contributed by atoms with Crippen molar-refractivity contribution in [2.75, 3.05) is 26.2 Å². The summed E-state index contributed by atoms with van der Waals surface area (Å²) >= 11 is 0. The fourth-order valence-corrected chi connectivity index (χ4v) is 1.83. The number of rotatable bonds is 1. The molecule has 3 rings (SSSR count). The maximum Gasteiger partial charge on any atom is 0.293 e. The number of amides is 1. The van der Waals surface area contributed by atoms with Crippen molar-refractivity contribution in [2.45, 2.75) is 0 Å². The third-order valence-corrected chi connectivity index (χ3v) is 2.71. The lowest BCUT2D eigenvalue weighted by Crippen LogP contribution is -2.46. The van der Waals surface area contributed by atoms with E-state index >= 15 is 0 Å². The predicted octanol–water partition coefficient (Wildman–Crippen LogP) is -0.830. The Hall–Kier alpha value is -2.02. The fraction of sp³-hybridized carbons (Fsp3) is 0.400. The van der Waals surface area contributed by atoms with Crippen LogP contribution in [0.4, 0.5) is 0 Å². The Kier molecular flexibility index (Phi) is 2.45. The molecule has 17 heavy (non-hydrogen) atoms. The molecular formula is C10H12N6O. The Balaban J connectivity index is 1.89. The second-order valence-corrected chi connectivity index (χ2v) is 3.84. The van der Waals surface area contributed by atoms with E-state index in [0.717, 1.165) is 13.1 Å². The molecule has 1 N–H and O–H groups in total. The lowest BCUT2D eigenvalue weighted by Gasteiger charge is -2.26. The normalized spacial score (nSPS) is 16.4. The van der Waals surface area contributed by atoms with E-state index in [1.165, 1.54) is 4.52 Å². The van der Waals surface area contributed by atoms with Gasteiger partial charge in [-0.05, 0) is 6.07 Å². The van der Waals surface area contributed by atoms with Crippen molar-refractivity contribution in [2.24, 2.45) is 0 Å². The average Bonchev–Trinajstić information content (AvgIpc) is 2.82. The summed E-state index contributed by atoms with van der Waals surface area (Å²) in [6.07, 6.45) is 3.35. The van der Waals surface area contributed by atoms with Gasteiger partial charge in [-0.3, -0.25) is 4.79 Å². The molecule has 0 aliphatic carbocycles. The van der Waals surface area contributed by atoms with E-state index in [0.29, 0.717) is 18.9 Å². The van der Waals surface area contributed by atoms with Gasteiger partial charge >= 0.3 is 0 Å². The lowest BCUT2D eigenvalue weighted by molar-refractivity contribution is 0.0723.